The first-order chi connectivity index (χ1) is 14.0. The lowest BCUT2D eigenvalue weighted by atomic mass is 9.94. The van der Waals surface area contributed by atoms with Crippen LogP contribution in [0.2, 0.25) is 0 Å². The van der Waals surface area contributed by atoms with E-state index in [-0.39, 0.29) is 11.8 Å². The molecular formula is C20H22N6O3. The number of amides is 2. The number of primary amides is 1. The molecule has 1 fully saturated rings. The van der Waals surface area contributed by atoms with E-state index < -0.39 is 5.91 Å². The van der Waals surface area contributed by atoms with Crippen molar-refractivity contribution in [1.29, 1.82) is 0 Å². The van der Waals surface area contributed by atoms with E-state index in [0.29, 0.717) is 53.3 Å². The highest BCUT2D eigenvalue weighted by Crippen LogP contribution is 2.40. The molecule has 9 nitrogen and oxygen atoms in total. The van der Waals surface area contributed by atoms with Crippen LogP contribution < -0.4 is 11.1 Å². The molecule has 1 atom stereocenters. The van der Waals surface area contributed by atoms with Crippen LogP contribution in [0.25, 0.3) is 11.1 Å². The molecule has 1 aliphatic carbocycles. The zero-order valence-corrected chi connectivity index (χ0v) is 16.1. The Morgan fingerprint density at radius 3 is 2.90 bits per heavy atom. The van der Waals surface area contributed by atoms with Crippen LogP contribution >= 0.6 is 0 Å². The number of fused-ring (bicyclic) bond motifs is 2. The SMILES string of the molecule is Cc1noc2nc(C3CC3)cc(C(=O)NCC3CCn4ncc(C(N)=O)c4C3)c12. The number of hydrogen-bond acceptors (Lipinski definition) is 6. The lowest BCUT2D eigenvalue weighted by Gasteiger charge is -2.24. The van der Waals surface area contributed by atoms with E-state index in [1.54, 1.807) is 0 Å². The first kappa shape index (κ1) is 17.8. The second-order valence-electron chi connectivity index (χ2n) is 7.98. The van der Waals surface area contributed by atoms with E-state index in [1.165, 1.54) is 6.20 Å². The Bertz CT molecular complexity index is 1130. The van der Waals surface area contributed by atoms with Crippen LogP contribution in [0.3, 0.4) is 0 Å². The second-order valence-corrected chi connectivity index (χ2v) is 7.98. The minimum atomic E-state index is -0.467. The van der Waals surface area contributed by atoms with E-state index >= 15 is 0 Å². The van der Waals surface area contributed by atoms with E-state index in [9.17, 15) is 9.59 Å². The van der Waals surface area contributed by atoms with Gasteiger partial charge in [0, 0.05) is 24.7 Å². The van der Waals surface area contributed by atoms with Gasteiger partial charge in [0.15, 0.2) is 0 Å². The summed E-state index contributed by atoms with van der Waals surface area (Å²) < 4.78 is 7.15. The van der Waals surface area contributed by atoms with Crippen molar-refractivity contribution in [2.45, 2.75) is 45.1 Å². The van der Waals surface area contributed by atoms with Crippen molar-refractivity contribution >= 4 is 22.9 Å². The topological polar surface area (TPSA) is 129 Å². The largest absolute Gasteiger partial charge is 0.365 e. The molecule has 150 valence electrons. The fraction of sp³-hybridized carbons (Fsp3) is 0.450. The van der Waals surface area contributed by atoms with Crippen LogP contribution in [0, 0.1) is 12.8 Å². The molecule has 1 unspecified atom stereocenters. The minimum Gasteiger partial charge on any atom is -0.365 e. The Balaban J connectivity index is 1.34. The maximum atomic E-state index is 13.0. The third kappa shape index (κ3) is 3.16. The number of pyridine rings is 1. The molecule has 0 bridgehead atoms. The summed E-state index contributed by atoms with van der Waals surface area (Å²) in [6.45, 7) is 3.03. The van der Waals surface area contributed by atoms with Crippen molar-refractivity contribution in [1.82, 2.24) is 25.2 Å². The van der Waals surface area contributed by atoms with Crippen molar-refractivity contribution in [2.75, 3.05) is 6.54 Å². The van der Waals surface area contributed by atoms with Crippen molar-refractivity contribution in [3.05, 3.63) is 40.5 Å². The number of rotatable bonds is 5. The average Bonchev–Trinajstić information content (AvgIpc) is 3.38. The number of hydrogen-bond donors (Lipinski definition) is 2. The first-order valence-corrected chi connectivity index (χ1v) is 9.91. The normalized spacial score (nSPS) is 18.6. The van der Waals surface area contributed by atoms with E-state index in [4.69, 9.17) is 10.3 Å². The van der Waals surface area contributed by atoms with E-state index in [2.05, 4.69) is 20.6 Å². The van der Waals surface area contributed by atoms with Gasteiger partial charge in [0.05, 0.1) is 34.1 Å². The number of aromatic nitrogens is 4. The van der Waals surface area contributed by atoms with Crippen LogP contribution in [-0.2, 0) is 13.0 Å². The number of aryl methyl sites for hydroxylation is 2. The van der Waals surface area contributed by atoms with Crippen LogP contribution in [0.5, 0.6) is 0 Å². The quantitative estimate of drug-likeness (QED) is 0.678. The van der Waals surface area contributed by atoms with E-state index in [1.807, 2.05) is 17.7 Å². The molecule has 1 saturated carbocycles. The highest BCUT2D eigenvalue weighted by molar-refractivity contribution is 6.06. The van der Waals surface area contributed by atoms with Crippen molar-refractivity contribution in [2.24, 2.45) is 11.7 Å². The Kier molecular flexibility index (Phi) is 4.11. The predicted octanol–water partition coefficient (Wildman–Crippen LogP) is 1.70. The van der Waals surface area contributed by atoms with Gasteiger partial charge >= 0.3 is 0 Å². The van der Waals surface area contributed by atoms with Crippen LogP contribution in [0.1, 0.15) is 63.0 Å². The summed E-state index contributed by atoms with van der Waals surface area (Å²) in [6.07, 6.45) is 5.23. The number of nitrogens with one attached hydrogen (secondary N) is 1. The molecule has 0 aromatic carbocycles. The minimum absolute atomic E-state index is 0.153. The summed E-state index contributed by atoms with van der Waals surface area (Å²) >= 11 is 0. The molecule has 4 heterocycles. The summed E-state index contributed by atoms with van der Waals surface area (Å²) in [5.41, 5.74) is 9.29. The zero-order chi connectivity index (χ0) is 20.1. The molecule has 2 amide bonds. The first-order valence-electron chi connectivity index (χ1n) is 9.91. The fourth-order valence-corrected chi connectivity index (χ4v) is 4.09. The molecule has 2 aliphatic rings. The Labute approximate surface area is 166 Å². The van der Waals surface area contributed by atoms with E-state index in [0.717, 1.165) is 30.7 Å². The summed E-state index contributed by atoms with van der Waals surface area (Å²) in [5.74, 6) is -0.00211. The third-order valence-electron chi connectivity index (χ3n) is 5.87. The zero-order valence-electron chi connectivity index (χ0n) is 16.1. The van der Waals surface area contributed by atoms with Crippen molar-refractivity contribution < 1.29 is 14.1 Å². The van der Waals surface area contributed by atoms with Gasteiger partial charge in [-0.25, -0.2) is 4.98 Å². The average molecular weight is 394 g/mol. The lowest BCUT2D eigenvalue weighted by Crippen LogP contribution is -2.34. The number of carbonyl (C=O) groups excluding carboxylic acids is 2. The molecule has 29 heavy (non-hydrogen) atoms. The molecule has 1 aliphatic heterocycles. The summed E-state index contributed by atoms with van der Waals surface area (Å²) in [5, 5.41) is 11.9. The van der Waals surface area contributed by atoms with Gasteiger partial charge in [-0.3, -0.25) is 14.3 Å². The summed E-state index contributed by atoms with van der Waals surface area (Å²) in [4.78, 5) is 29.1. The third-order valence-corrected chi connectivity index (χ3v) is 5.87. The number of carbonyl (C=O) groups is 2. The predicted molar refractivity (Wildman–Crippen MR) is 103 cm³/mol. The Morgan fingerprint density at radius 2 is 2.14 bits per heavy atom. The molecule has 0 spiro atoms. The lowest BCUT2D eigenvalue weighted by molar-refractivity contribution is 0.0943. The highest BCUT2D eigenvalue weighted by Gasteiger charge is 2.29. The molecule has 3 aromatic rings. The maximum absolute atomic E-state index is 13.0. The highest BCUT2D eigenvalue weighted by atomic mass is 16.5. The smallest absolute Gasteiger partial charge is 0.259 e. The molecule has 0 saturated heterocycles. The van der Waals surface area contributed by atoms with Gasteiger partial charge in [-0.05, 0) is 44.6 Å². The van der Waals surface area contributed by atoms with Crippen LogP contribution in [0.15, 0.2) is 16.8 Å². The summed E-state index contributed by atoms with van der Waals surface area (Å²) in [7, 11) is 0. The molecule has 0 radical (unpaired) electrons. The number of nitrogens with zero attached hydrogens (tertiary/aromatic N) is 4. The molecule has 9 heteroatoms. The van der Waals surface area contributed by atoms with Crippen molar-refractivity contribution in [3.63, 3.8) is 0 Å². The van der Waals surface area contributed by atoms with Gasteiger partial charge in [-0.1, -0.05) is 5.16 Å². The van der Waals surface area contributed by atoms with Crippen molar-refractivity contribution in [3.8, 4) is 0 Å². The monoisotopic (exact) mass is 394 g/mol. The fourth-order valence-electron chi connectivity index (χ4n) is 4.09. The van der Waals surface area contributed by atoms with Crippen LogP contribution in [0.4, 0.5) is 0 Å². The van der Waals surface area contributed by atoms with Crippen LogP contribution in [-0.4, -0.2) is 38.3 Å². The standard InChI is InChI=1S/C20H22N6O3/c1-10-17-13(7-15(12-2-3-12)24-20(17)29-25-10)19(28)22-8-11-4-5-26-16(6-11)14(9-23-26)18(21)27/h7,9,11-12H,2-6,8H2,1H3,(H2,21,27)(H,22,28). The van der Waals surface area contributed by atoms with Gasteiger partial charge in [-0.15, -0.1) is 0 Å². The second kappa shape index (κ2) is 6.68. The van der Waals surface area contributed by atoms with Gasteiger partial charge in [-0.2, -0.15) is 5.10 Å². The molecule has 5 rings (SSSR count). The van der Waals surface area contributed by atoms with Gasteiger partial charge in [0.2, 0.25) is 0 Å². The molecule has 3 aromatic heterocycles. The number of nitrogens with two attached hydrogens (primary N) is 1. The summed E-state index contributed by atoms with van der Waals surface area (Å²) in [6, 6.07) is 1.88. The Morgan fingerprint density at radius 1 is 1.31 bits per heavy atom. The molecular weight excluding hydrogens is 372 g/mol. The van der Waals surface area contributed by atoms with Gasteiger partial charge in [0.25, 0.3) is 17.5 Å². The molecule has 3 N–H and O–H groups in total. The van der Waals surface area contributed by atoms with Gasteiger partial charge < -0.3 is 15.6 Å². The maximum Gasteiger partial charge on any atom is 0.259 e. The van der Waals surface area contributed by atoms with Gasteiger partial charge in [0.1, 0.15) is 0 Å². The Hall–Kier alpha value is -3.23.